The lowest BCUT2D eigenvalue weighted by Crippen LogP contribution is -2.62. The van der Waals surface area contributed by atoms with Crippen LogP contribution in [0, 0.1) is 11.3 Å². The summed E-state index contributed by atoms with van der Waals surface area (Å²) < 4.78 is 13.1. The molecule has 3 heterocycles. The maximum atomic E-state index is 13.0. The number of aliphatic hydroxyl groups excluding tert-OH is 1. The number of hydrogen-bond acceptors (Lipinski definition) is 5. The third kappa shape index (κ3) is 4.90. The molecule has 0 saturated carbocycles. The first kappa shape index (κ1) is 24.0. The van der Waals surface area contributed by atoms with Crippen LogP contribution in [-0.4, -0.2) is 59.8 Å². The van der Waals surface area contributed by atoms with Crippen LogP contribution >= 0.6 is 0 Å². The van der Waals surface area contributed by atoms with Gasteiger partial charge in [0.25, 0.3) is 0 Å². The fourth-order valence-electron chi connectivity index (χ4n) is 5.86. The number of nitrogens with zero attached hydrogens (tertiary/aromatic N) is 1. The summed E-state index contributed by atoms with van der Waals surface area (Å²) in [5.74, 6) is 1.11. The molecule has 182 valence electrons. The zero-order valence-electron chi connectivity index (χ0n) is 20.1. The van der Waals surface area contributed by atoms with Gasteiger partial charge >= 0.3 is 0 Å². The predicted octanol–water partition coefficient (Wildman–Crippen LogP) is 3.21. The van der Waals surface area contributed by atoms with Gasteiger partial charge in [0.15, 0.2) is 0 Å². The van der Waals surface area contributed by atoms with Crippen LogP contribution in [0.25, 0.3) is 0 Å². The van der Waals surface area contributed by atoms with Crippen molar-refractivity contribution in [2.24, 2.45) is 11.3 Å². The Morgan fingerprint density at radius 3 is 2.76 bits per heavy atom. The molecule has 2 fully saturated rings. The summed E-state index contributed by atoms with van der Waals surface area (Å²) in [5.41, 5.74) is 0.200. The zero-order valence-corrected chi connectivity index (χ0v) is 20.1. The summed E-state index contributed by atoms with van der Waals surface area (Å²) in [6, 6.07) is 8.09. The molecular formula is C26H38N2O5. The minimum absolute atomic E-state index is 0.000884. The number of unbranched alkanes of at least 4 members (excludes halogenated alkanes) is 2. The van der Waals surface area contributed by atoms with Crippen molar-refractivity contribution in [2.45, 2.75) is 77.1 Å². The highest BCUT2D eigenvalue weighted by Crippen LogP contribution is 2.56. The fraction of sp³-hybridized carbons (Fsp3) is 0.692. The first-order chi connectivity index (χ1) is 15.8. The molecule has 33 heavy (non-hydrogen) atoms. The molecule has 3 aliphatic heterocycles. The van der Waals surface area contributed by atoms with Crippen LogP contribution in [-0.2, 0) is 14.3 Å². The van der Waals surface area contributed by atoms with E-state index in [1.165, 1.54) is 6.92 Å². The summed E-state index contributed by atoms with van der Waals surface area (Å²) in [7, 11) is 0. The van der Waals surface area contributed by atoms with Crippen molar-refractivity contribution in [1.29, 1.82) is 0 Å². The maximum absolute atomic E-state index is 13.0. The van der Waals surface area contributed by atoms with Gasteiger partial charge in [0.05, 0.1) is 18.8 Å². The fourth-order valence-corrected chi connectivity index (χ4v) is 5.86. The summed E-state index contributed by atoms with van der Waals surface area (Å²) in [6.45, 7) is 7.56. The minimum atomic E-state index is -0.465. The molecule has 1 aromatic rings. The number of carbonyl (C=O) groups excluding carboxylic acids is 2. The first-order valence-electron chi connectivity index (χ1n) is 12.3. The quantitative estimate of drug-likeness (QED) is 0.613. The first-order valence-corrected chi connectivity index (χ1v) is 12.3. The number of ether oxygens (including phenoxy) is 2. The van der Waals surface area contributed by atoms with Gasteiger partial charge in [0, 0.05) is 49.9 Å². The number of likely N-dealkylation sites (tertiary alicyclic amines) is 1. The number of carbonyl (C=O) groups is 2. The van der Waals surface area contributed by atoms with Gasteiger partial charge in [-0.15, -0.1) is 0 Å². The molecule has 2 amide bonds. The summed E-state index contributed by atoms with van der Waals surface area (Å²) in [5, 5.41) is 13.3. The number of piperidine rings is 1. The van der Waals surface area contributed by atoms with E-state index in [0.717, 1.165) is 43.4 Å². The van der Waals surface area contributed by atoms with E-state index in [1.807, 2.05) is 23.1 Å². The van der Waals surface area contributed by atoms with Crippen molar-refractivity contribution in [3.05, 3.63) is 29.8 Å². The number of nitrogens with one attached hydrogen (secondary N) is 1. The van der Waals surface area contributed by atoms with Crippen molar-refractivity contribution < 1.29 is 24.2 Å². The van der Waals surface area contributed by atoms with Crippen LogP contribution in [0.1, 0.15) is 71.0 Å². The van der Waals surface area contributed by atoms with Gasteiger partial charge in [0.1, 0.15) is 11.4 Å². The van der Waals surface area contributed by atoms with Gasteiger partial charge in [-0.25, -0.2) is 0 Å². The van der Waals surface area contributed by atoms with Crippen molar-refractivity contribution >= 4 is 11.8 Å². The van der Waals surface area contributed by atoms with E-state index < -0.39 is 11.0 Å². The number of hydrogen-bond donors (Lipinski definition) is 2. The lowest BCUT2D eigenvalue weighted by atomic mass is 9.63. The lowest BCUT2D eigenvalue weighted by Gasteiger charge is -2.58. The molecule has 2 saturated heterocycles. The van der Waals surface area contributed by atoms with Gasteiger partial charge in [-0.1, -0.05) is 24.6 Å². The second-order valence-electron chi connectivity index (χ2n) is 10.5. The van der Waals surface area contributed by atoms with Crippen molar-refractivity contribution in [1.82, 2.24) is 10.2 Å². The highest BCUT2D eigenvalue weighted by atomic mass is 16.5. The molecule has 0 bridgehead atoms. The molecule has 4 atom stereocenters. The molecular weight excluding hydrogens is 420 g/mol. The molecule has 2 N–H and O–H groups in total. The summed E-state index contributed by atoms with van der Waals surface area (Å²) in [6.07, 6.45) is 4.47. The Labute approximate surface area is 196 Å². The average Bonchev–Trinajstić information content (AvgIpc) is 2.79. The highest BCUT2D eigenvalue weighted by Gasteiger charge is 2.57. The molecule has 4 rings (SSSR count). The normalized spacial score (nSPS) is 29.8. The highest BCUT2D eigenvalue weighted by molar-refractivity contribution is 5.76. The Bertz CT molecular complexity index is 872. The second-order valence-corrected chi connectivity index (χ2v) is 10.5. The van der Waals surface area contributed by atoms with Crippen LogP contribution in [0.3, 0.4) is 0 Å². The molecule has 0 spiro atoms. The number of aliphatic hydroxyl groups is 1. The van der Waals surface area contributed by atoms with Crippen molar-refractivity contribution in [3.8, 4) is 5.75 Å². The maximum Gasteiger partial charge on any atom is 0.222 e. The summed E-state index contributed by atoms with van der Waals surface area (Å²) >= 11 is 0. The lowest BCUT2D eigenvalue weighted by molar-refractivity contribution is -0.231. The van der Waals surface area contributed by atoms with E-state index in [4.69, 9.17) is 9.47 Å². The monoisotopic (exact) mass is 458 g/mol. The van der Waals surface area contributed by atoms with E-state index in [1.54, 1.807) is 0 Å². The van der Waals surface area contributed by atoms with Gasteiger partial charge in [-0.05, 0) is 45.6 Å². The van der Waals surface area contributed by atoms with E-state index in [-0.39, 0.29) is 36.5 Å². The van der Waals surface area contributed by atoms with Crippen LogP contribution in [0.2, 0.25) is 0 Å². The SMILES string of the molecule is CC(=O)NCCCCCC(=O)N1CC[C@H]2O[C@H]3c4ccccc4OC(C)(C)[C@@H]3C[C@@]2(CO)C1. The molecule has 7 heteroatoms. The largest absolute Gasteiger partial charge is 0.487 e. The van der Waals surface area contributed by atoms with E-state index in [0.29, 0.717) is 26.1 Å². The van der Waals surface area contributed by atoms with Gasteiger partial charge in [-0.2, -0.15) is 0 Å². The molecule has 0 radical (unpaired) electrons. The molecule has 1 aromatic carbocycles. The number of rotatable bonds is 7. The van der Waals surface area contributed by atoms with Gasteiger partial charge < -0.3 is 24.8 Å². The minimum Gasteiger partial charge on any atom is -0.487 e. The molecule has 0 aromatic heterocycles. The van der Waals surface area contributed by atoms with Crippen molar-refractivity contribution in [2.75, 3.05) is 26.2 Å². The smallest absolute Gasteiger partial charge is 0.222 e. The van der Waals surface area contributed by atoms with Crippen LogP contribution in [0.4, 0.5) is 0 Å². The molecule has 0 unspecified atom stereocenters. The van der Waals surface area contributed by atoms with Crippen LogP contribution in [0.15, 0.2) is 24.3 Å². The Balaban J connectivity index is 1.41. The topological polar surface area (TPSA) is 88.1 Å². The van der Waals surface area contributed by atoms with Gasteiger partial charge in [0.2, 0.25) is 11.8 Å². The molecule has 3 aliphatic rings. The number of amides is 2. The Morgan fingerprint density at radius 1 is 1.21 bits per heavy atom. The van der Waals surface area contributed by atoms with Crippen molar-refractivity contribution in [3.63, 3.8) is 0 Å². The predicted molar refractivity (Wildman–Crippen MR) is 125 cm³/mol. The summed E-state index contributed by atoms with van der Waals surface area (Å²) in [4.78, 5) is 25.8. The van der Waals surface area contributed by atoms with E-state index >= 15 is 0 Å². The Hall–Kier alpha value is -2.12. The third-order valence-corrected chi connectivity index (χ3v) is 7.75. The molecule has 7 nitrogen and oxygen atoms in total. The Morgan fingerprint density at radius 2 is 2.00 bits per heavy atom. The zero-order chi connectivity index (χ0) is 23.6. The standard InChI is InChI=1S/C26H38N2O5/c1-18(30)27-13-8-4-5-11-23(31)28-14-12-22-26(16-28,17-29)15-20-24(32-22)19-9-6-7-10-21(19)33-25(20,2)3/h6-7,9-10,20,22,24,29H,4-5,8,11-17H2,1-3H3,(H,27,30)/t20-,22-,24+,26+/m1/s1. The van der Waals surface area contributed by atoms with Gasteiger partial charge in [-0.3, -0.25) is 9.59 Å². The van der Waals surface area contributed by atoms with Crippen LogP contribution < -0.4 is 10.1 Å². The van der Waals surface area contributed by atoms with Crippen LogP contribution in [0.5, 0.6) is 5.75 Å². The van der Waals surface area contributed by atoms with E-state index in [9.17, 15) is 14.7 Å². The second kappa shape index (κ2) is 9.63. The third-order valence-electron chi connectivity index (χ3n) is 7.75. The van der Waals surface area contributed by atoms with E-state index in [2.05, 4.69) is 25.2 Å². The molecule has 0 aliphatic carbocycles. The Kier molecular flexibility index (Phi) is 7.01. The number of benzene rings is 1. The number of para-hydroxylation sites is 1. The number of fused-ring (bicyclic) bond motifs is 4. The average molecular weight is 459 g/mol.